The molecule has 0 bridgehead atoms. The SMILES string of the molecule is CNc1nc(Cc2nccs2)c(Cl)cc1Cl. The van der Waals surface area contributed by atoms with E-state index in [2.05, 4.69) is 15.3 Å². The third-order valence-electron chi connectivity index (χ3n) is 2.04. The van der Waals surface area contributed by atoms with Gasteiger partial charge < -0.3 is 5.32 Å². The molecule has 0 aliphatic heterocycles. The molecule has 2 heterocycles. The molecule has 0 radical (unpaired) electrons. The Morgan fingerprint density at radius 3 is 2.81 bits per heavy atom. The molecule has 6 heteroatoms. The fraction of sp³-hybridized carbons (Fsp3) is 0.200. The molecule has 84 valence electrons. The average molecular weight is 274 g/mol. The molecule has 0 fully saturated rings. The first-order valence-electron chi connectivity index (χ1n) is 4.61. The van der Waals surface area contributed by atoms with Gasteiger partial charge in [-0.2, -0.15) is 0 Å². The molecule has 0 unspecified atom stereocenters. The van der Waals surface area contributed by atoms with Gasteiger partial charge in [0.05, 0.1) is 20.7 Å². The molecule has 2 rings (SSSR count). The Labute approximate surface area is 107 Å². The van der Waals surface area contributed by atoms with E-state index in [0.29, 0.717) is 22.3 Å². The summed E-state index contributed by atoms with van der Waals surface area (Å²) in [5.74, 6) is 0.637. The van der Waals surface area contributed by atoms with Gasteiger partial charge in [-0.05, 0) is 6.07 Å². The van der Waals surface area contributed by atoms with E-state index in [1.807, 2.05) is 5.38 Å². The highest BCUT2D eigenvalue weighted by Gasteiger charge is 2.10. The molecule has 0 aromatic carbocycles. The number of hydrogen-bond donors (Lipinski definition) is 1. The largest absolute Gasteiger partial charge is 0.372 e. The maximum atomic E-state index is 6.08. The molecule has 0 saturated heterocycles. The highest BCUT2D eigenvalue weighted by Crippen LogP contribution is 2.27. The Kier molecular flexibility index (Phi) is 3.63. The molecule has 1 N–H and O–H groups in total. The Balaban J connectivity index is 2.33. The van der Waals surface area contributed by atoms with Crippen molar-refractivity contribution >= 4 is 40.4 Å². The monoisotopic (exact) mass is 273 g/mol. The van der Waals surface area contributed by atoms with Gasteiger partial charge in [0.2, 0.25) is 0 Å². The number of halogens is 2. The fourth-order valence-electron chi connectivity index (χ4n) is 1.29. The van der Waals surface area contributed by atoms with Crippen LogP contribution in [0.25, 0.3) is 0 Å². The lowest BCUT2D eigenvalue weighted by Crippen LogP contribution is -1.99. The number of nitrogens with zero attached hydrogens (tertiary/aromatic N) is 2. The molecule has 0 atom stereocenters. The predicted molar refractivity (Wildman–Crippen MR) is 68.7 cm³/mol. The lowest BCUT2D eigenvalue weighted by atomic mass is 10.2. The van der Waals surface area contributed by atoms with Crippen LogP contribution >= 0.6 is 34.5 Å². The van der Waals surface area contributed by atoms with Crippen LogP contribution in [0, 0.1) is 0 Å². The van der Waals surface area contributed by atoms with Crippen LogP contribution < -0.4 is 5.32 Å². The lowest BCUT2D eigenvalue weighted by Gasteiger charge is -2.07. The van der Waals surface area contributed by atoms with Crippen LogP contribution in [-0.2, 0) is 6.42 Å². The van der Waals surface area contributed by atoms with Crippen molar-refractivity contribution in [3.8, 4) is 0 Å². The van der Waals surface area contributed by atoms with Crippen molar-refractivity contribution in [1.29, 1.82) is 0 Å². The number of pyridine rings is 1. The van der Waals surface area contributed by atoms with Crippen molar-refractivity contribution in [3.63, 3.8) is 0 Å². The molecule has 3 nitrogen and oxygen atoms in total. The summed E-state index contributed by atoms with van der Waals surface area (Å²) in [6.45, 7) is 0. The van der Waals surface area contributed by atoms with Gasteiger partial charge in [-0.15, -0.1) is 11.3 Å². The van der Waals surface area contributed by atoms with Gasteiger partial charge in [0.25, 0.3) is 0 Å². The van der Waals surface area contributed by atoms with Gasteiger partial charge >= 0.3 is 0 Å². The van der Waals surface area contributed by atoms with Crippen LogP contribution in [0.1, 0.15) is 10.7 Å². The van der Waals surface area contributed by atoms with Crippen LogP contribution in [0.3, 0.4) is 0 Å². The highest BCUT2D eigenvalue weighted by molar-refractivity contribution is 7.09. The minimum Gasteiger partial charge on any atom is -0.372 e. The summed E-state index contributed by atoms with van der Waals surface area (Å²) in [5.41, 5.74) is 0.783. The molecule has 16 heavy (non-hydrogen) atoms. The summed E-state index contributed by atoms with van der Waals surface area (Å²) in [6, 6.07) is 1.70. The molecule has 2 aromatic rings. The lowest BCUT2D eigenvalue weighted by molar-refractivity contribution is 1.05. The van der Waals surface area contributed by atoms with Crippen molar-refractivity contribution < 1.29 is 0 Å². The Morgan fingerprint density at radius 1 is 1.38 bits per heavy atom. The maximum Gasteiger partial charge on any atom is 0.144 e. The number of rotatable bonds is 3. The molecule has 0 aliphatic rings. The van der Waals surface area contributed by atoms with E-state index >= 15 is 0 Å². The average Bonchev–Trinajstić information content (AvgIpc) is 2.75. The van der Waals surface area contributed by atoms with Gasteiger partial charge in [0, 0.05) is 25.0 Å². The second-order valence-corrected chi connectivity index (χ2v) is 4.89. The third-order valence-corrected chi connectivity index (χ3v) is 3.44. The Bertz CT molecular complexity index is 485. The van der Waals surface area contributed by atoms with Gasteiger partial charge in [0.1, 0.15) is 5.82 Å². The molecule has 0 spiro atoms. The van der Waals surface area contributed by atoms with Crippen molar-refractivity contribution in [2.24, 2.45) is 0 Å². The summed E-state index contributed by atoms with van der Waals surface area (Å²) >= 11 is 13.6. The van der Waals surface area contributed by atoms with Crippen LogP contribution in [0.5, 0.6) is 0 Å². The fourth-order valence-corrected chi connectivity index (χ4v) is 2.43. The van der Waals surface area contributed by atoms with E-state index in [9.17, 15) is 0 Å². The Morgan fingerprint density at radius 2 is 2.19 bits per heavy atom. The van der Waals surface area contributed by atoms with E-state index in [1.54, 1.807) is 30.6 Å². The molecular weight excluding hydrogens is 265 g/mol. The first-order chi connectivity index (χ1) is 7.70. The van der Waals surface area contributed by atoms with Gasteiger partial charge in [-0.3, -0.25) is 0 Å². The van der Waals surface area contributed by atoms with Crippen LogP contribution in [0.2, 0.25) is 10.0 Å². The minimum atomic E-state index is 0.524. The first kappa shape index (κ1) is 11.6. The first-order valence-corrected chi connectivity index (χ1v) is 6.25. The van der Waals surface area contributed by atoms with E-state index in [4.69, 9.17) is 23.2 Å². The number of anilines is 1. The highest BCUT2D eigenvalue weighted by atomic mass is 35.5. The van der Waals surface area contributed by atoms with Gasteiger partial charge in [-0.25, -0.2) is 9.97 Å². The molecular formula is C10H9Cl2N3S. The zero-order chi connectivity index (χ0) is 11.5. The topological polar surface area (TPSA) is 37.8 Å². The van der Waals surface area contributed by atoms with Crippen LogP contribution in [-0.4, -0.2) is 17.0 Å². The predicted octanol–water partition coefficient (Wildman–Crippen LogP) is 3.48. The van der Waals surface area contributed by atoms with E-state index < -0.39 is 0 Å². The number of nitrogens with one attached hydrogen (secondary N) is 1. The number of aromatic nitrogens is 2. The zero-order valence-electron chi connectivity index (χ0n) is 8.50. The van der Waals surface area contributed by atoms with Crippen molar-refractivity contribution in [2.75, 3.05) is 12.4 Å². The van der Waals surface area contributed by atoms with Crippen molar-refractivity contribution in [1.82, 2.24) is 9.97 Å². The molecule has 2 aromatic heterocycles. The molecule has 0 aliphatic carbocycles. The van der Waals surface area contributed by atoms with E-state index in [0.717, 1.165) is 10.7 Å². The summed E-state index contributed by atoms with van der Waals surface area (Å²) in [6.07, 6.45) is 2.39. The summed E-state index contributed by atoms with van der Waals surface area (Å²) in [7, 11) is 1.77. The summed E-state index contributed by atoms with van der Waals surface area (Å²) < 4.78 is 0. The molecule has 0 saturated carbocycles. The zero-order valence-corrected chi connectivity index (χ0v) is 10.8. The normalized spacial score (nSPS) is 10.4. The van der Waals surface area contributed by atoms with Crippen LogP contribution in [0.4, 0.5) is 5.82 Å². The summed E-state index contributed by atoms with van der Waals surface area (Å²) in [4.78, 5) is 8.55. The minimum absolute atomic E-state index is 0.524. The standard InChI is InChI=1S/C10H9Cl2N3S/c1-13-10-7(12)4-6(11)8(15-10)5-9-14-2-3-16-9/h2-4H,5H2,1H3,(H,13,15). The van der Waals surface area contributed by atoms with Crippen molar-refractivity contribution in [3.05, 3.63) is 38.4 Å². The van der Waals surface area contributed by atoms with E-state index in [-0.39, 0.29) is 0 Å². The van der Waals surface area contributed by atoms with Crippen molar-refractivity contribution in [2.45, 2.75) is 6.42 Å². The molecule has 0 amide bonds. The van der Waals surface area contributed by atoms with Gasteiger partial charge in [0.15, 0.2) is 0 Å². The second-order valence-electron chi connectivity index (χ2n) is 3.10. The number of hydrogen-bond acceptors (Lipinski definition) is 4. The quantitative estimate of drug-likeness (QED) is 0.931. The summed E-state index contributed by atoms with van der Waals surface area (Å²) in [5, 5.41) is 6.93. The van der Waals surface area contributed by atoms with E-state index in [1.165, 1.54) is 0 Å². The van der Waals surface area contributed by atoms with Crippen LogP contribution in [0.15, 0.2) is 17.6 Å². The maximum absolute atomic E-state index is 6.08. The smallest absolute Gasteiger partial charge is 0.144 e. The van der Waals surface area contributed by atoms with Gasteiger partial charge in [-0.1, -0.05) is 23.2 Å². The third kappa shape index (κ3) is 2.45. The Hall–Kier alpha value is -0.840. The second kappa shape index (κ2) is 4.99. The number of thiazole rings is 1.